The van der Waals surface area contributed by atoms with Gasteiger partial charge in [-0.2, -0.15) is 0 Å². The van der Waals surface area contributed by atoms with Crippen LogP contribution in [0.15, 0.2) is 54.6 Å². The van der Waals surface area contributed by atoms with Gasteiger partial charge in [0.05, 0.1) is 11.5 Å². The van der Waals surface area contributed by atoms with Gasteiger partial charge in [-0.25, -0.2) is 4.79 Å². The Balaban J connectivity index is 1.53. The quantitative estimate of drug-likeness (QED) is 0.793. The zero-order valence-corrected chi connectivity index (χ0v) is 14.0. The summed E-state index contributed by atoms with van der Waals surface area (Å²) in [4.78, 5) is 24.3. The second-order valence-electron chi connectivity index (χ2n) is 6.17. The lowest BCUT2D eigenvalue weighted by Gasteiger charge is -2.11. The molecule has 2 N–H and O–H groups in total. The molecule has 0 radical (unpaired) electrons. The van der Waals surface area contributed by atoms with E-state index >= 15 is 0 Å². The van der Waals surface area contributed by atoms with E-state index in [2.05, 4.69) is 10.6 Å². The summed E-state index contributed by atoms with van der Waals surface area (Å²) in [7, 11) is 0. The molecule has 2 aromatic carbocycles. The third kappa shape index (κ3) is 4.90. The lowest BCUT2D eigenvalue weighted by atomic mass is 10.1. The molecule has 1 aliphatic heterocycles. The predicted octanol–water partition coefficient (Wildman–Crippen LogP) is 2.27. The zero-order chi connectivity index (χ0) is 17.5. The highest BCUT2D eigenvalue weighted by molar-refractivity contribution is 5.89. The summed E-state index contributed by atoms with van der Waals surface area (Å²) in [6.45, 7) is 2.28. The number of carbonyl (C=O) groups excluding carboxylic acids is 2. The molecule has 1 fully saturated rings. The molecule has 5 heteroatoms. The Kier molecular flexibility index (Phi) is 5.80. The molecule has 0 spiro atoms. The Morgan fingerprint density at radius 1 is 1.08 bits per heavy atom. The Morgan fingerprint density at radius 2 is 1.88 bits per heavy atom. The fourth-order valence-electron chi connectivity index (χ4n) is 2.83. The molecule has 2 aromatic rings. The summed E-state index contributed by atoms with van der Waals surface area (Å²) < 4.78 is 5.34. The highest BCUT2D eigenvalue weighted by Crippen LogP contribution is 2.11. The van der Waals surface area contributed by atoms with Crippen molar-refractivity contribution in [2.45, 2.75) is 19.6 Å². The average Bonchev–Trinajstić information content (AvgIpc) is 3.20. The van der Waals surface area contributed by atoms with Crippen molar-refractivity contribution in [3.63, 3.8) is 0 Å². The number of hydrogen-bond acceptors (Lipinski definition) is 4. The monoisotopic (exact) mass is 338 g/mol. The van der Waals surface area contributed by atoms with Crippen molar-refractivity contribution in [3.8, 4) is 0 Å². The Morgan fingerprint density at radius 3 is 2.64 bits per heavy atom. The summed E-state index contributed by atoms with van der Waals surface area (Å²) in [6, 6.07) is 16.7. The fraction of sp³-hybridized carbons (Fsp3) is 0.300. The van der Waals surface area contributed by atoms with E-state index in [0.29, 0.717) is 12.1 Å². The van der Waals surface area contributed by atoms with Crippen LogP contribution in [0, 0.1) is 5.92 Å². The first-order valence-electron chi connectivity index (χ1n) is 8.51. The molecule has 1 heterocycles. The van der Waals surface area contributed by atoms with Gasteiger partial charge >= 0.3 is 5.97 Å². The fourth-order valence-corrected chi connectivity index (χ4v) is 2.83. The molecule has 25 heavy (non-hydrogen) atoms. The molecule has 5 nitrogen and oxygen atoms in total. The number of carbonyl (C=O) groups is 2. The van der Waals surface area contributed by atoms with Crippen LogP contribution in [0.1, 0.15) is 27.9 Å². The van der Waals surface area contributed by atoms with Gasteiger partial charge in [0.1, 0.15) is 6.61 Å². The minimum Gasteiger partial charge on any atom is -0.457 e. The van der Waals surface area contributed by atoms with E-state index in [1.807, 2.05) is 36.4 Å². The molecule has 0 bridgehead atoms. The number of esters is 1. The summed E-state index contributed by atoms with van der Waals surface area (Å²) in [5.41, 5.74) is 2.32. The number of benzene rings is 2. The Bertz CT molecular complexity index is 725. The van der Waals surface area contributed by atoms with Gasteiger partial charge in [-0.05, 0) is 36.2 Å². The third-order valence-electron chi connectivity index (χ3n) is 4.27. The molecule has 130 valence electrons. The standard InChI is InChI=1S/C20H22N2O3/c23-19(18-9-10-21-13-18)22-12-16-7-4-8-17(11-16)20(24)25-14-15-5-2-1-3-6-15/h1-8,11,18,21H,9-10,12-14H2,(H,22,23)/t18-/m1/s1. The molecule has 0 unspecified atom stereocenters. The van der Waals surface area contributed by atoms with Gasteiger partial charge in [0.15, 0.2) is 0 Å². The highest BCUT2D eigenvalue weighted by atomic mass is 16.5. The SMILES string of the molecule is O=C(OCc1ccccc1)c1cccc(CNC(=O)[C@@H]2CCNC2)c1. The third-order valence-corrected chi connectivity index (χ3v) is 4.27. The molecule has 0 aromatic heterocycles. The molecule has 0 saturated carbocycles. The van der Waals surface area contributed by atoms with Crippen molar-refractivity contribution in [3.05, 3.63) is 71.3 Å². The van der Waals surface area contributed by atoms with E-state index in [1.54, 1.807) is 18.2 Å². The maximum absolute atomic E-state index is 12.2. The normalized spacial score (nSPS) is 16.4. The molecular weight excluding hydrogens is 316 g/mol. The summed E-state index contributed by atoms with van der Waals surface area (Å²) in [6.07, 6.45) is 0.873. The average molecular weight is 338 g/mol. The molecule has 1 aliphatic rings. The van der Waals surface area contributed by atoms with Crippen molar-refractivity contribution < 1.29 is 14.3 Å². The van der Waals surface area contributed by atoms with Gasteiger partial charge < -0.3 is 15.4 Å². The topological polar surface area (TPSA) is 67.4 Å². The zero-order valence-electron chi connectivity index (χ0n) is 14.0. The minimum atomic E-state index is -0.364. The number of rotatable bonds is 6. The van der Waals surface area contributed by atoms with Crippen LogP contribution in [0.3, 0.4) is 0 Å². The van der Waals surface area contributed by atoms with Crippen molar-refractivity contribution in [2.75, 3.05) is 13.1 Å². The number of ether oxygens (including phenoxy) is 1. The minimum absolute atomic E-state index is 0.0408. The van der Waals surface area contributed by atoms with E-state index in [-0.39, 0.29) is 24.4 Å². The maximum atomic E-state index is 12.2. The Labute approximate surface area is 147 Å². The number of nitrogens with one attached hydrogen (secondary N) is 2. The largest absolute Gasteiger partial charge is 0.457 e. The first-order valence-corrected chi connectivity index (χ1v) is 8.51. The van der Waals surface area contributed by atoms with Gasteiger partial charge in [-0.1, -0.05) is 42.5 Å². The molecule has 3 rings (SSSR count). The van der Waals surface area contributed by atoms with Gasteiger partial charge in [-0.15, -0.1) is 0 Å². The first kappa shape index (κ1) is 17.2. The van der Waals surface area contributed by atoms with Crippen LogP contribution >= 0.6 is 0 Å². The summed E-state index contributed by atoms with van der Waals surface area (Å²) in [5.74, 6) is -0.266. The van der Waals surface area contributed by atoms with Crippen LogP contribution in [0.4, 0.5) is 0 Å². The summed E-state index contributed by atoms with van der Waals surface area (Å²) in [5, 5.41) is 6.11. The van der Waals surface area contributed by atoms with Gasteiger partial charge in [0, 0.05) is 13.1 Å². The predicted molar refractivity (Wildman–Crippen MR) is 94.8 cm³/mol. The smallest absolute Gasteiger partial charge is 0.338 e. The van der Waals surface area contributed by atoms with Gasteiger partial charge in [-0.3, -0.25) is 4.79 Å². The van der Waals surface area contributed by atoms with Crippen LogP contribution in [0.5, 0.6) is 0 Å². The maximum Gasteiger partial charge on any atom is 0.338 e. The van der Waals surface area contributed by atoms with Crippen LogP contribution in [0.25, 0.3) is 0 Å². The Hall–Kier alpha value is -2.66. The van der Waals surface area contributed by atoms with Crippen molar-refractivity contribution in [1.82, 2.24) is 10.6 Å². The van der Waals surface area contributed by atoms with Crippen LogP contribution in [-0.2, 0) is 22.7 Å². The van der Waals surface area contributed by atoms with E-state index in [4.69, 9.17) is 4.74 Å². The first-order chi connectivity index (χ1) is 12.2. The second-order valence-corrected chi connectivity index (χ2v) is 6.17. The van der Waals surface area contributed by atoms with E-state index < -0.39 is 0 Å². The highest BCUT2D eigenvalue weighted by Gasteiger charge is 2.21. The van der Waals surface area contributed by atoms with Crippen molar-refractivity contribution in [2.24, 2.45) is 5.92 Å². The number of amides is 1. The second kappa shape index (κ2) is 8.44. The lowest BCUT2D eigenvalue weighted by molar-refractivity contribution is -0.124. The van der Waals surface area contributed by atoms with E-state index in [1.165, 1.54) is 0 Å². The van der Waals surface area contributed by atoms with Gasteiger partial charge in [0.25, 0.3) is 0 Å². The van der Waals surface area contributed by atoms with Gasteiger partial charge in [0.2, 0.25) is 5.91 Å². The van der Waals surface area contributed by atoms with Crippen LogP contribution in [-0.4, -0.2) is 25.0 Å². The molecular formula is C20H22N2O3. The molecule has 1 amide bonds. The molecule has 0 aliphatic carbocycles. The van der Waals surface area contributed by atoms with Crippen LogP contribution in [0.2, 0.25) is 0 Å². The lowest BCUT2D eigenvalue weighted by Crippen LogP contribution is -2.31. The number of hydrogen-bond donors (Lipinski definition) is 2. The van der Waals surface area contributed by atoms with E-state index in [0.717, 1.165) is 30.6 Å². The van der Waals surface area contributed by atoms with Crippen molar-refractivity contribution >= 4 is 11.9 Å². The molecule has 1 atom stereocenters. The van der Waals surface area contributed by atoms with Crippen LogP contribution < -0.4 is 10.6 Å². The summed E-state index contributed by atoms with van der Waals surface area (Å²) >= 11 is 0. The molecule has 1 saturated heterocycles. The van der Waals surface area contributed by atoms with E-state index in [9.17, 15) is 9.59 Å². The van der Waals surface area contributed by atoms with Crippen molar-refractivity contribution in [1.29, 1.82) is 0 Å².